The monoisotopic (exact) mass is 338 g/mol. The summed E-state index contributed by atoms with van der Waals surface area (Å²) >= 11 is 9.31. The highest BCUT2D eigenvalue weighted by Gasteiger charge is 2.07. The molecule has 19 heavy (non-hydrogen) atoms. The van der Waals surface area contributed by atoms with Crippen molar-refractivity contribution in [3.8, 4) is 5.75 Å². The number of nitrogen functional groups attached to an aromatic ring is 1. The van der Waals surface area contributed by atoms with E-state index in [9.17, 15) is 0 Å². The lowest BCUT2D eigenvalue weighted by atomic mass is 10.2. The molecule has 0 aliphatic heterocycles. The van der Waals surface area contributed by atoms with Crippen LogP contribution in [0, 0.1) is 5.41 Å². The molecule has 0 aromatic heterocycles. The highest BCUT2D eigenvalue weighted by Crippen LogP contribution is 2.24. The summed E-state index contributed by atoms with van der Waals surface area (Å²) in [5.41, 5.74) is 7.08. The van der Waals surface area contributed by atoms with E-state index in [1.165, 1.54) is 0 Å². The van der Waals surface area contributed by atoms with Crippen molar-refractivity contribution in [1.82, 2.24) is 0 Å². The number of halogens is 2. The van der Waals surface area contributed by atoms with E-state index in [0.29, 0.717) is 22.9 Å². The molecule has 0 saturated heterocycles. The minimum Gasteiger partial charge on any atom is -0.488 e. The third kappa shape index (κ3) is 3.72. The Hall–Kier alpha value is -1.52. The van der Waals surface area contributed by atoms with Crippen molar-refractivity contribution in [2.24, 2.45) is 5.73 Å². The average molecular weight is 340 g/mol. The number of ether oxygens (including phenoxy) is 1. The molecule has 0 radical (unpaired) electrons. The molecule has 0 saturated carbocycles. The third-order valence-corrected chi connectivity index (χ3v) is 3.31. The molecular weight excluding hydrogens is 328 g/mol. The van der Waals surface area contributed by atoms with Gasteiger partial charge in [0.15, 0.2) is 0 Å². The summed E-state index contributed by atoms with van der Waals surface area (Å²) < 4.78 is 6.70. The van der Waals surface area contributed by atoms with E-state index >= 15 is 0 Å². The van der Waals surface area contributed by atoms with E-state index in [-0.39, 0.29) is 5.84 Å². The molecule has 0 unspecified atom stereocenters. The van der Waals surface area contributed by atoms with Crippen LogP contribution in [0.2, 0.25) is 5.02 Å². The molecule has 0 heterocycles. The second-order valence-corrected chi connectivity index (χ2v) is 5.32. The summed E-state index contributed by atoms with van der Waals surface area (Å²) in [5.74, 6) is 0.477. The number of amidine groups is 1. The van der Waals surface area contributed by atoms with Crippen molar-refractivity contribution in [3.05, 3.63) is 63.1 Å². The van der Waals surface area contributed by atoms with Gasteiger partial charge in [0.25, 0.3) is 0 Å². The van der Waals surface area contributed by atoms with Gasteiger partial charge in [0.05, 0.1) is 5.56 Å². The lowest BCUT2D eigenvalue weighted by Gasteiger charge is -2.11. The van der Waals surface area contributed by atoms with Gasteiger partial charge in [-0.25, -0.2) is 0 Å². The molecule has 2 rings (SSSR count). The van der Waals surface area contributed by atoms with Crippen LogP contribution >= 0.6 is 27.5 Å². The number of rotatable bonds is 4. The minimum absolute atomic E-state index is 0.0394. The maximum absolute atomic E-state index is 7.51. The fourth-order valence-electron chi connectivity index (χ4n) is 1.58. The fraction of sp³-hybridized carbons (Fsp3) is 0.0714. The van der Waals surface area contributed by atoms with E-state index in [2.05, 4.69) is 15.9 Å². The van der Waals surface area contributed by atoms with Crippen molar-refractivity contribution >= 4 is 33.4 Å². The quantitative estimate of drug-likeness (QED) is 0.654. The maximum atomic E-state index is 7.51. The van der Waals surface area contributed by atoms with Gasteiger partial charge in [-0.15, -0.1) is 0 Å². The molecule has 0 aliphatic rings. The van der Waals surface area contributed by atoms with E-state index in [1.807, 2.05) is 24.3 Å². The molecule has 0 aliphatic carbocycles. The molecule has 3 N–H and O–H groups in total. The number of nitrogens with one attached hydrogen (secondary N) is 1. The van der Waals surface area contributed by atoms with Crippen molar-refractivity contribution in [1.29, 1.82) is 5.41 Å². The van der Waals surface area contributed by atoms with Gasteiger partial charge in [-0.3, -0.25) is 5.41 Å². The standard InChI is InChI=1S/C14H12BrClN2O/c15-10-3-1-9(2-4-10)8-19-13-7-11(16)5-6-12(13)14(17)18/h1-7H,8H2,(H3,17,18). The summed E-state index contributed by atoms with van der Waals surface area (Å²) in [4.78, 5) is 0. The van der Waals surface area contributed by atoms with Crippen LogP contribution in [-0.4, -0.2) is 5.84 Å². The van der Waals surface area contributed by atoms with E-state index in [0.717, 1.165) is 10.0 Å². The van der Waals surface area contributed by atoms with Crippen LogP contribution in [0.25, 0.3) is 0 Å². The van der Waals surface area contributed by atoms with Crippen LogP contribution in [0.1, 0.15) is 11.1 Å². The summed E-state index contributed by atoms with van der Waals surface area (Å²) in [7, 11) is 0. The second-order valence-electron chi connectivity index (χ2n) is 3.97. The topological polar surface area (TPSA) is 59.1 Å². The predicted molar refractivity (Wildman–Crippen MR) is 80.9 cm³/mol. The molecule has 0 atom stereocenters. The summed E-state index contributed by atoms with van der Waals surface area (Å²) in [6, 6.07) is 12.8. The highest BCUT2D eigenvalue weighted by atomic mass is 79.9. The number of hydrogen-bond donors (Lipinski definition) is 2. The van der Waals surface area contributed by atoms with Crippen LogP contribution in [0.3, 0.4) is 0 Å². The first-order chi connectivity index (χ1) is 9.06. The lowest BCUT2D eigenvalue weighted by molar-refractivity contribution is 0.305. The number of hydrogen-bond acceptors (Lipinski definition) is 2. The van der Waals surface area contributed by atoms with Gasteiger partial charge in [0, 0.05) is 9.50 Å². The normalized spacial score (nSPS) is 10.2. The first-order valence-corrected chi connectivity index (χ1v) is 6.74. The zero-order chi connectivity index (χ0) is 13.8. The Balaban J connectivity index is 2.16. The zero-order valence-electron chi connectivity index (χ0n) is 9.99. The van der Waals surface area contributed by atoms with Crippen LogP contribution in [0.15, 0.2) is 46.9 Å². The van der Waals surface area contributed by atoms with E-state index in [1.54, 1.807) is 18.2 Å². The largest absolute Gasteiger partial charge is 0.488 e. The molecule has 5 heteroatoms. The molecule has 2 aromatic rings. The summed E-state index contributed by atoms with van der Waals surface area (Å²) in [6.07, 6.45) is 0. The Bertz CT molecular complexity index is 599. The smallest absolute Gasteiger partial charge is 0.132 e. The van der Waals surface area contributed by atoms with Gasteiger partial charge < -0.3 is 10.5 Å². The Morgan fingerprint density at radius 2 is 1.89 bits per heavy atom. The van der Waals surface area contributed by atoms with Crippen LogP contribution in [-0.2, 0) is 6.61 Å². The molecule has 0 spiro atoms. The Morgan fingerprint density at radius 1 is 1.21 bits per heavy atom. The van der Waals surface area contributed by atoms with E-state index in [4.69, 9.17) is 27.5 Å². The third-order valence-electron chi connectivity index (χ3n) is 2.54. The first kappa shape index (κ1) is 13.9. The first-order valence-electron chi connectivity index (χ1n) is 5.57. The average Bonchev–Trinajstić information content (AvgIpc) is 2.38. The van der Waals surface area contributed by atoms with Gasteiger partial charge in [0.2, 0.25) is 0 Å². The molecule has 0 amide bonds. The predicted octanol–water partition coefficient (Wildman–Crippen LogP) is 3.97. The molecule has 0 bridgehead atoms. The maximum Gasteiger partial charge on any atom is 0.132 e. The van der Waals surface area contributed by atoms with Gasteiger partial charge in [-0.05, 0) is 35.9 Å². The Kier molecular flexibility index (Phi) is 4.45. The van der Waals surface area contributed by atoms with Crippen molar-refractivity contribution in [3.63, 3.8) is 0 Å². The van der Waals surface area contributed by atoms with Crippen molar-refractivity contribution < 1.29 is 4.74 Å². The van der Waals surface area contributed by atoms with Crippen LogP contribution in [0.4, 0.5) is 0 Å². The van der Waals surface area contributed by atoms with Gasteiger partial charge in [-0.1, -0.05) is 39.7 Å². The molecular formula is C14H12BrClN2O. The summed E-state index contributed by atoms with van der Waals surface area (Å²) in [6.45, 7) is 0.397. The molecule has 0 fully saturated rings. The number of nitrogens with two attached hydrogens (primary N) is 1. The van der Waals surface area contributed by atoms with Crippen molar-refractivity contribution in [2.45, 2.75) is 6.61 Å². The SMILES string of the molecule is N=C(N)c1ccc(Cl)cc1OCc1ccc(Br)cc1. The van der Waals surface area contributed by atoms with Crippen LogP contribution < -0.4 is 10.5 Å². The zero-order valence-corrected chi connectivity index (χ0v) is 12.3. The van der Waals surface area contributed by atoms with Gasteiger partial charge in [0.1, 0.15) is 18.2 Å². The Morgan fingerprint density at radius 3 is 2.53 bits per heavy atom. The van der Waals surface area contributed by atoms with Gasteiger partial charge in [-0.2, -0.15) is 0 Å². The molecule has 3 nitrogen and oxygen atoms in total. The molecule has 2 aromatic carbocycles. The van der Waals surface area contributed by atoms with E-state index < -0.39 is 0 Å². The second kappa shape index (κ2) is 6.08. The Labute approximate surface area is 125 Å². The minimum atomic E-state index is -0.0394. The molecule has 98 valence electrons. The highest BCUT2D eigenvalue weighted by molar-refractivity contribution is 9.10. The lowest BCUT2D eigenvalue weighted by Crippen LogP contribution is -2.13. The van der Waals surface area contributed by atoms with Crippen LogP contribution in [0.5, 0.6) is 5.75 Å². The summed E-state index contributed by atoms with van der Waals surface area (Å²) in [5, 5.41) is 8.06. The van der Waals surface area contributed by atoms with Crippen molar-refractivity contribution in [2.75, 3.05) is 0 Å². The fourth-order valence-corrected chi connectivity index (χ4v) is 2.01. The van der Waals surface area contributed by atoms with Gasteiger partial charge >= 0.3 is 0 Å². The number of benzene rings is 2.